The smallest absolute Gasteiger partial charge is 0.0786 e. The second-order valence-electron chi connectivity index (χ2n) is 7.79. The zero-order valence-corrected chi connectivity index (χ0v) is 18.9. The number of hydrogen-bond donors (Lipinski definition) is 1. The third kappa shape index (κ3) is 28.9. The monoisotopic (exact) mass is 361 g/mol. The maximum atomic E-state index is 9.53. The lowest BCUT2D eigenvalue weighted by atomic mass is 10.1. The Hall–Kier alpha value is -0.120. The van der Waals surface area contributed by atoms with Crippen LogP contribution in [0.4, 0.5) is 0 Å². The van der Waals surface area contributed by atoms with Crippen molar-refractivity contribution in [1.29, 1.82) is 0 Å². The molecule has 0 aromatic carbocycles. The summed E-state index contributed by atoms with van der Waals surface area (Å²) >= 11 is 0. The first-order chi connectivity index (χ1) is 11.7. The molecule has 0 atom stereocenters. The van der Waals surface area contributed by atoms with Gasteiger partial charge < -0.3 is 14.7 Å². The summed E-state index contributed by atoms with van der Waals surface area (Å²) in [4.78, 5) is 0. The van der Waals surface area contributed by atoms with Crippen LogP contribution in [-0.4, -0.2) is 48.0 Å². The van der Waals surface area contributed by atoms with Crippen LogP contribution >= 0.6 is 0 Å². The van der Waals surface area contributed by atoms with E-state index in [-0.39, 0.29) is 6.10 Å². The van der Waals surface area contributed by atoms with Gasteiger partial charge in [-0.05, 0) is 39.5 Å². The molecule has 156 valence electrons. The van der Waals surface area contributed by atoms with Crippen molar-refractivity contribution in [1.82, 2.24) is 0 Å². The average molecular weight is 362 g/mol. The van der Waals surface area contributed by atoms with Crippen LogP contribution in [-0.2, 0) is 0 Å². The molecule has 0 aliphatic heterocycles. The van der Waals surface area contributed by atoms with Crippen LogP contribution in [0, 0.1) is 0 Å². The number of nitrogens with zero attached hydrogens (tertiary/aromatic N) is 1. The second kappa shape index (κ2) is 21.9. The van der Waals surface area contributed by atoms with Gasteiger partial charge in [0.15, 0.2) is 0 Å². The number of aliphatic hydroxyl groups is 1. The highest BCUT2D eigenvalue weighted by atomic mass is 16.3. The standard InChI is InChI=1S/C16H36N.C3H8O.C3H7O/c1-5-9-13-17(14-10-6-2,15-11-7-3)16-12-8-4;2*1-3(2)4/h5-16H2,1-4H3;3-4H,1-2H3;3H,1-2H3/q+1;;-1. The molecule has 0 spiro atoms. The van der Waals surface area contributed by atoms with Crippen molar-refractivity contribution in [3.8, 4) is 0 Å². The number of unbranched alkanes of at least 4 members (excludes halogenated alkanes) is 4. The molecular weight excluding hydrogens is 310 g/mol. The molecule has 0 aromatic rings. The zero-order valence-electron chi connectivity index (χ0n) is 18.9. The van der Waals surface area contributed by atoms with E-state index in [2.05, 4.69) is 27.7 Å². The molecule has 0 saturated heterocycles. The Morgan fingerprint density at radius 1 is 0.640 bits per heavy atom. The number of hydrogen-bond acceptors (Lipinski definition) is 2. The topological polar surface area (TPSA) is 43.3 Å². The van der Waals surface area contributed by atoms with E-state index in [0.29, 0.717) is 0 Å². The first kappa shape index (κ1) is 29.6. The summed E-state index contributed by atoms with van der Waals surface area (Å²) in [5.41, 5.74) is 0. The van der Waals surface area contributed by atoms with Crippen molar-refractivity contribution in [2.24, 2.45) is 0 Å². The molecule has 3 heteroatoms. The van der Waals surface area contributed by atoms with Gasteiger partial charge >= 0.3 is 0 Å². The molecule has 0 rings (SSSR count). The summed E-state index contributed by atoms with van der Waals surface area (Å²) in [6.45, 7) is 21.7. The van der Waals surface area contributed by atoms with Gasteiger partial charge in [0.25, 0.3) is 0 Å². The lowest BCUT2D eigenvalue weighted by Crippen LogP contribution is -2.50. The molecule has 0 saturated carbocycles. The van der Waals surface area contributed by atoms with Crippen LogP contribution in [0.25, 0.3) is 0 Å². The molecule has 25 heavy (non-hydrogen) atoms. The Morgan fingerprint density at radius 3 is 0.920 bits per heavy atom. The minimum atomic E-state index is -0.417. The van der Waals surface area contributed by atoms with E-state index in [1.54, 1.807) is 27.7 Å². The van der Waals surface area contributed by atoms with Gasteiger partial charge in [0, 0.05) is 6.10 Å². The molecule has 0 unspecified atom stereocenters. The molecule has 0 fully saturated rings. The van der Waals surface area contributed by atoms with Crippen LogP contribution in [0.15, 0.2) is 0 Å². The predicted octanol–water partition coefficient (Wildman–Crippen LogP) is 5.15. The normalized spacial score (nSPS) is 11.0. The first-order valence-corrected chi connectivity index (χ1v) is 10.9. The Kier molecular flexibility index (Phi) is 26.0. The Bertz CT molecular complexity index is 181. The summed E-state index contributed by atoms with van der Waals surface area (Å²) in [6.07, 6.45) is 10.5. The molecule has 0 bridgehead atoms. The molecule has 0 aliphatic rings. The van der Waals surface area contributed by atoms with E-state index in [4.69, 9.17) is 5.11 Å². The number of aliphatic hydroxyl groups excluding tert-OH is 1. The van der Waals surface area contributed by atoms with E-state index in [0.717, 1.165) is 0 Å². The minimum absolute atomic E-state index is 0.167. The summed E-state index contributed by atoms with van der Waals surface area (Å²) in [6, 6.07) is 0. The first-order valence-electron chi connectivity index (χ1n) is 10.9. The fourth-order valence-electron chi connectivity index (χ4n) is 2.64. The van der Waals surface area contributed by atoms with Gasteiger partial charge in [0.1, 0.15) is 0 Å². The molecule has 0 aliphatic carbocycles. The summed E-state index contributed by atoms with van der Waals surface area (Å²) < 4.78 is 1.42. The van der Waals surface area contributed by atoms with Gasteiger partial charge in [0.2, 0.25) is 0 Å². The molecule has 3 nitrogen and oxygen atoms in total. The van der Waals surface area contributed by atoms with Gasteiger partial charge in [-0.2, -0.15) is 0 Å². The molecule has 1 N–H and O–H groups in total. The van der Waals surface area contributed by atoms with Crippen LogP contribution in [0.1, 0.15) is 107 Å². The van der Waals surface area contributed by atoms with E-state index in [1.165, 1.54) is 82.0 Å². The fraction of sp³-hybridized carbons (Fsp3) is 1.00. The predicted molar refractivity (Wildman–Crippen MR) is 112 cm³/mol. The van der Waals surface area contributed by atoms with E-state index < -0.39 is 6.10 Å². The van der Waals surface area contributed by atoms with Crippen LogP contribution < -0.4 is 5.11 Å². The zero-order chi connectivity index (χ0) is 20.1. The van der Waals surface area contributed by atoms with E-state index in [1.807, 2.05) is 0 Å². The van der Waals surface area contributed by atoms with Crippen molar-refractivity contribution in [3.05, 3.63) is 0 Å². The molecule has 0 amide bonds. The Balaban J connectivity index is -0.000000503. The SMILES string of the molecule is CC(C)O.CC(C)[O-].CCCC[N+](CCCC)(CCCC)CCCC. The van der Waals surface area contributed by atoms with E-state index in [9.17, 15) is 5.11 Å². The summed E-state index contributed by atoms with van der Waals surface area (Å²) in [5.74, 6) is 0. The maximum Gasteiger partial charge on any atom is 0.0786 e. The summed E-state index contributed by atoms with van der Waals surface area (Å²) in [5, 5.41) is 17.6. The van der Waals surface area contributed by atoms with Crippen molar-refractivity contribution in [2.45, 2.75) is 119 Å². The van der Waals surface area contributed by atoms with Crippen molar-refractivity contribution < 1.29 is 14.7 Å². The minimum Gasteiger partial charge on any atom is -0.852 e. The van der Waals surface area contributed by atoms with Gasteiger partial charge in [-0.15, -0.1) is 6.10 Å². The quantitative estimate of drug-likeness (QED) is 0.489. The lowest BCUT2D eigenvalue weighted by molar-refractivity contribution is -0.929. The highest BCUT2D eigenvalue weighted by molar-refractivity contribution is 4.49. The van der Waals surface area contributed by atoms with Gasteiger partial charge in [-0.25, -0.2) is 0 Å². The van der Waals surface area contributed by atoms with Gasteiger partial charge in [-0.3, -0.25) is 0 Å². The largest absolute Gasteiger partial charge is 0.852 e. The molecule has 0 aromatic heterocycles. The van der Waals surface area contributed by atoms with E-state index >= 15 is 0 Å². The lowest BCUT2D eigenvalue weighted by Gasteiger charge is -2.39. The van der Waals surface area contributed by atoms with Crippen molar-refractivity contribution >= 4 is 0 Å². The van der Waals surface area contributed by atoms with Gasteiger partial charge in [0.05, 0.1) is 26.2 Å². The van der Waals surface area contributed by atoms with Crippen LogP contribution in [0.5, 0.6) is 0 Å². The van der Waals surface area contributed by atoms with Crippen molar-refractivity contribution in [3.63, 3.8) is 0 Å². The van der Waals surface area contributed by atoms with Gasteiger partial charge in [-0.1, -0.05) is 67.2 Å². The highest BCUT2D eigenvalue weighted by Crippen LogP contribution is 2.16. The molecular formula is C22H51NO2. The van der Waals surface area contributed by atoms with Crippen LogP contribution in [0.2, 0.25) is 0 Å². The Labute approximate surface area is 160 Å². The molecule has 0 radical (unpaired) electrons. The number of rotatable bonds is 12. The third-order valence-electron chi connectivity index (χ3n) is 3.94. The average Bonchev–Trinajstić information content (AvgIpc) is 2.52. The highest BCUT2D eigenvalue weighted by Gasteiger charge is 2.24. The fourth-order valence-corrected chi connectivity index (χ4v) is 2.64. The summed E-state index contributed by atoms with van der Waals surface area (Å²) in [7, 11) is 0. The Morgan fingerprint density at radius 2 is 0.800 bits per heavy atom. The van der Waals surface area contributed by atoms with Crippen molar-refractivity contribution in [2.75, 3.05) is 26.2 Å². The second-order valence-corrected chi connectivity index (χ2v) is 7.79. The number of quaternary nitrogens is 1. The van der Waals surface area contributed by atoms with Crippen LogP contribution in [0.3, 0.4) is 0 Å². The third-order valence-corrected chi connectivity index (χ3v) is 3.94. The maximum absolute atomic E-state index is 9.53. The molecule has 0 heterocycles.